The number of benzene rings is 1. The molecule has 1 heterocycles. The third-order valence-electron chi connectivity index (χ3n) is 2.97. The van der Waals surface area contributed by atoms with Crippen LogP contribution in [0.3, 0.4) is 0 Å². The summed E-state index contributed by atoms with van der Waals surface area (Å²) in [5, 5.41) is 3.28. The van der Waals surface area contributed by atoms with Crippen molar-refractivity contribution in [3.63, 3.8) is 0 Å². The lowest BCUT2D eigenvalue weighted by Gasteiger charge is -2.10. The Labute approximate surface area is 119 Å². The first-order valence-corrected chi connectivity index (χ1v) is 6.46. The Hall–Kier alpha value is -2.30. The minimum atomic E-state index is 0.746. The predicted octanol–water partition coefficient (Wildman–Crippen LogP) is 2.46. The lowest BCUT2D eigenvalue weighted by atomic mass is 10.1. The van der Waals surface area contributed by atoms with Gasteiger partial charge in [-0.05, 0) is 31.0 Å². The summed E-state index contributed by atoms with van der Waals surface area (Å²) in [5.41, 5.74) is 2.13. The molecule has 106 valence electrons. The van der Waals surface area contributed by atoms with E-state index >= 15 is 0 Å². The summed E-state index contributed by atoms with van der Waals surface area (Å²) < 4.78 is 10.5. The maximum atomic E-state index is 5.29. The van der Waals surface area contributed by atoms with E-state index in [1.165, 1.54) is 5.56 Å². The van der Waals surface area contributed by atoms with Gasteiger partial charge in [-0.3, -0.25) is 0 Å². The second-order valence-corrected chi connectivity index (χ2v) is 4.41. The molecule has 1 N–H and O–H groups in total. The van der Waals surface area contributed by atoms with Gasteiger partial charge in [0.2, 0.25) is 0 Å². The lowest BCUT2D eigenvalue weighted by Crippen LogP contribution is -2.07. The molecule has 0 radical (unpaired) electrons. The number of hydrogen-bond acceptors (Lipinski definition) is 5. The minimum absolute atomic E-state index is 0.746. The highest BCUT2D eigenvalue weighted by atomic mass is 16.5. The van der Waals surface area contributed by atoms with Crippen LogP contribution in [0.5, 0.6) is 11.5 Å². The highest BCUT2D eigenvalue weighted by molar-refractivity contribution is 5.43. The van der Waals surface area contributed by atoms with E-state index in [2.05, 4.69) is 15.3 Å². The normalized spacial score (nSPS) is 10.2. The third kappa shape index (κ3) is 3.60. The van der Waals surface area contributed by atoms with Gasteiger partial charge in [0, 0.05) is 18.3 Å². The zero-order chi connectivity index (χ0) is 14.4. The zero-order valence-electron chi connectivity index (χ0n) is 12.0. The molecule has 0 aliphatic rings. The monoisotopic (exact) mass is 273 g/mol. The molecule has 2 aromatic rings. The molecule has 5 heteroatoms. The van der Waals surface area contributed by atoms with Crippen molar-refractivity contribution in [2.75, 3.05) is 26.1 Å². The van der Waals surface area contributed by atoms with Crippen LogP contribution in [0.2, 0.25) is 0 Å². The first kappa shape index (κ1) is 14.1. The molecule has 0 saturated carbocycles. The quantitative estimate of drug-likeness (QED) is 0.876. The van der Waals surface area contributed by atoms with E-state index in [1.807, 2.05) is 31.2 Å². The van der Waals surface area contributed by atoms with Gasteiger partial charge in [-0.1, -0.05) is 6.07 Å². The van der Waals surface area contributed by atoms with E-state index in [9.17, 15) is 0 Å². The highest BCUT2D eigenvalue weighted by Gasteiger charge is 2.04. The number of nitrogens with zero attached hydrogens (tertiary/aromatic N) is 2. The molecule has 0 atom stereocenters. The highest BCUT2D eigenvalue weighted by Crippen LogP contribution is 2.27. The van der Waals surface area contributed by atoms with Crippen LogP contribution in [0.15, 0.2) is 30.6 Å². The first-order valence-electron chi connectivity index (χ1n) is 6.46. The molecule has 1 aromatic carbocycles. The fourth-order valence-electron chi connectivity index (χ4n) is 1.92. The molecule has 0 unspecified atom stereocenters. The van der Waals surface area contributed by atoms with Crippen LogP contribution < -0.4 is 14.8 Å². The van der Waals surface area contributed by atoms with Gasteiger partial charge in [0.25, 0.3) is 0 Å². The Morgan fingerprint density at radius 2 is 1.85 bits per heavy atom. The summed E-state index contributed by atoms with van der Waals surface area (Å²) in [5.74, 6) is 2.34. The van der Waals surface area contributed by atoms with Crippen LogP contribution in [0.25, 0.3) is 0 Å². The van der Waals surface area contributed by atoms with Crippen molar-refractivity contribution in [2.24, 2.45) is 0 Å². The van der Waals surface area contributed by atoms with Crippen LogP contribution >= 0.6 is 0 Å². The number of hydrogen-bond donors (Lipinski definition) is 1. The molecule has 1 aromatic heterocycles. The number of ether oxygens (including phenoxy) is 2. The van der Waals surface area contributed by atoms with Gasteiger partial charge in [-0.2, -0.15) is 0 Å². The summed E-state index contributed by atoms with van der Waals surface area (Å²) in [7, 11) is 3.28. The summed E-state index contributed by atoms with van der Waals surface area (Å²) in [6.07, 6.45) is 2.44. The minimum Gasteiger partial charge on any atom is -0.493 e. The second-order valence-electron chi connectivity index (χ2n) is 4.41. The fourth-order valence-corrected chi connectivity index (χ4v) is 1.92. The lowest BCUT2D eigenvalue weighted by molar-refractivity contribution is 0.354. The average molecular weight is 273 g/mol. The number of nitrogens with one attached hydrogen (secondary N) is 1. The van der Waals surface area contributed by atoms with E-state index in [-0.39, 0.29) is 0 Å². The Bertz CT molecular complexity index is 573. The Balaban J connectivity index is 1.94. The van der Waals surface area contributed by atoms with Crippen LogP contribution in [0.4, 0.5) is 5.82 Å². The Morgan fingerprint density at radius 1 is 1.05 bits per heavy atom. The van der Waals surface area contributed by atoms with Gasteiger partial charge >= 0.3 is 0 Å². The number of aryl methyl sites for hydroxylation is 1. The Kier molecular flexibility index (Phi) is 4.76. The number of anilines is 1. The van der Waals surface area contributed by atoms with Gasteiger partial charge in [0.05, 0.1) is 14.2 Å². The standard InChI is InChI=1S/C15H19N3O2/c1-11-8-15(18-10-17-11)16-7-6-12-4-5-13(19-2)14(9-12)20-3/h4-5,8-10H,6-7H2,1-3H3,(H,16,17,18). The molecule has 0 amide bonds. The topological polar surface area (TPSA) is 56.3 Å². The fraction of sp³-hybridized carbons (Fsp3) is 0.333. The molecule has 0 bridgehead atoms. The van der Waals surface area contributed by atoms with Gasteiger partial charge in [0.1, 0.15) is 12.1 Å². The van der Waals surface area contributed by atoms with Crippen molar-refractivity contribution < 1.29 is 9.47 Å². The van der Waals surface area contributed by atoms with Gasteiger partial charge in [-0.25, -0.2) is 9.97 Å². The van der Waals surface area contributed by atoms with E-state index in [4.69, 9.17) is 9.47 Å². The molecular formula is C15H19N3O2. The van der Waals surface area contributed by atoms with Crippen LogP contribution in [0.1, 0.15) is 11.3 Å². The molecule has 0 aliphatic carbocycles. The molecule has 0 saturated heterocycles. The number of aromatic nitrogens is 2. The van der Waals surface area contributed by atoms with Crippen molar-refractivity contribution in [3.05, 3.63) is 41.9 Å². The van der Waals surface area contributed by atoms with Crippen molar-refractivity contribution in [1.29, 1.82) is 0 Å². The summed E-state index contributed by atoms with van der Waals surface area (Å²) in [6, 6.07) is 7.87. The van der Waals surface area contributed by atoms with Crippen LogP contribution in [-0.2, 0) is 6.42 Å². The maximum Gasteiger partial charge on any atom is 0.160 e. The SMILES string of the molecule is COc1ccc(CCNc2cc(C)ncn2)cc1OC. The van der Waals surface area contributed by atoms with E-state index < -0.39 is 0 Å². The molecule has 0 spiro atoms. The maximum absolute atomic E-state index is 5.29. The molecular weight excluding hydrogens is 254 g/mol. The molecule has 2 rings (SSSR count). The second kappa shape index (κ2) is 6.75. The van der Waals surface area contributed by atoms with E-state index in [0.29, 0.717) is 0 Å². The summed E-state index contributed by atoms with van der Waals surface area (Å²) >= 11 is 0. The summed E-state index contributed by atoms with van der Waals surface area (Å²) in [6.45, 7) is 2.74. The smallest absolute Gasteiger partial charge is 0.160 e. The van der Waals surface area contributed by atoms with Crippen LogP contribution in [0, 0.1) is 6.92 Å². The zero-order valence-corrected chi connectivity index (χ0v) is 12.0. The van der Waals surface area contributed by atoms with Crippen molar-refractivity contribution in [3.8, 4) is 11.5 Å². The largest absolute Gasteiger partial charge is 0.493 e. The molecule has 20 heavy (non-hydrogen) atoms. The van der Waals surface area contributed by atoms with Gasteiger partial charge in [0.15, 0.2) is 11.5 Å². The van der Waals surface area contributed by atoms with E-state index in [1.54, 1.807) is 20.5 Å². The third-order valence-corrected chi connectivity index (χ3v) is 2.97. The number of methoxy groups -OCH3 is 2. The first-order chi connectivity index (χ1) is 9.72. The molecule has 5 nitrogen and oxygen atoms in total. The predicted molar refractivity (Wildman–Crippen MR) is 78.5 cm³/mol. The molecule has 0 aliphatic heterocycles. The van der Waals surface area contributed by atoms with Gasteiger partial charge < -0.3 is 14.8 Å². The van der Waals surface area contributed by atoms with Crippen molar-refractivity contribution in [1.82, 2.24) is 9.97 Å². The summed E-state index contributed by atoms with van der Waals surface area (Å²) in [4.78, 5) is 8.23. The number of rotatable bonds is 6. The molecule has 0 fully saturated rings. The van der Waals surface area contributed by atoms with Crippen LogP contribution in [-0.4, -0.2) is 30.7 Å². The Morgan fingerprint density at radius 3 is 2.55 bits per heavy atom. The van der Waals surface area contributed by atoms with E-state index in [0.717, 1.165) is 36.0 Å². The average Bonchev–Trinajstić information content (AvgIpc) is 2.47. The van der Waals surface area contributed by atoms with Crippen molar-refractivity contribution >= 4 is 5.82 Å². The van der Waals surface area contributed by atoms with Gasteiger partial charge in [-0.15, -0.1) is 0 Å². The van der Waals surface area contributed by atoms with Crippen molar-refractivity contribution in [2.45, 2.75) is 13.3 Å².